The lowest BCUT2D eigenvalue weighted by molar-refractivity contribution is -0.122. The van der Waals surface area contributed by atoms with E-state index in [1.54, 1.807) is 7.05 Å². The molecule has 1 aromatic carbocycles. The molecule has 1 aliphatic rings. The highest BCUT2D eigenvalue weighted by Gasteiger charge is 2.25. The minimum absolute atomic E-state index is 0.0524. The summed E-state index contributed by atoms with van der Waals surface area (Å²) in [7, 11) is 1.61. The molecule has 116 valence electrons. The first-order valence-corrected chi connectivity index (χ1v) is 7.78. The maximum Gasteiger partial charge on any atom is 0.257 e. The number of anilines is 1. The highest BCUT2D eigenvalue weighted by Crippen LogP contribution is 2.31. The second kappa shape index (κ2) is 7.34. The molecule has 4 heteroatoms. The van der Waals surface area contributed by atoms with E-state index in [1.165, 1.54) is 19.3 Å². The number of ether oxygens (including phenoxy) is 1. The Kier molecular flexibility index (Phi) is 5.48. The van der Waals surface area contributed by atoms with Gasteiger partial charge in [-0.1, -0.05) is 26.3 Å². The molecule has 0 bridgehead atoms. The highest BCUT2D eigenvalue weighted by atomic mass is 16.5. The lowest BCUT2D eigenvalue weighted by atomic mass is 9.80. The molecule has 1 amide bonds. The Morgan fingerprint density at radius 2 is 2.14 bits per heavy atom. The first kappa shape index (κ1) is 15.7. The number of benzene rings is 1. The van der Waals surface area contributed by atoms with Crippen molar-refractivity contribution in [1.82, 2.24) is 5.32 Å². The molecule has 3 atom stereocenters. The summed E-state index contributed by atoms with van der Waals surface area (Å²) in [5.41, 5.74) is 1.07. The van der Waals surface area contributed by atoms with Crippen molar-refractivity contribution in [2.75, 3.05) is 19.0 Å². The van der Waals surface area contributed by atoms with Gasteiger partial charge in [-0.25, -0.2) is 0 Å². The largest absolute Gasteiger partial charge is 0.484 e. The summed E-state index contributed by atoms with van der Waals surface area (Å²) in [6.07, 6.45) is 3.82. The van der Waals surface area contributed by atoms with E-state index < -0.39 is 0 Å². The lowest BCUT2D eigenvalue weighted by Crippen LogP contribution is -2.33. The average molecular weight is 290 g/mol. The van der Waals surface area contributed by atoms with E-state index in [1.807, 2.05) is 18.2 Å². The van der Waals surface area contributed by atoms with E-state index in [4.69, 9.17) is 4.74 Å². The predicted octanol–water partition coefficient (Wildman–Crippen LogP) is 3.05. The zero-order chi connectivity index (χ0) is 15.2. The van der Waals surface area contributed by atoms with Crippen molar-refractivity contribution < 1.29 is 9.53 Å². The Bertz CT molecular complexity index is 476. The number of hydrogen-bond acceptors (Lipinski definition) is 3. The molecule has 3 unspecified atom stereocenters. The Hall–Kier alpha value is -1.71. The van der Waals surface area contributed by atoms with Gasteiger partial charge in [-0.3, -0.25) is 4.79 Å². The van der Waals surface area contributed by atoms with Crippen LogP contribution in [0.4, 0.5) is 5.69 Å². The van der Waals surface area contributed by atoms with E-state index in [0.29, 0.717) is 12.0 Å². The normalized spacial score (nSPS) is 25.2. The van der Waals surface area contributed by atoms with Crippen LogP contribution in [0.5, 0.6) is 5.75 Å². The molecule has 1 aromatic rings. The Balaban J connectivity index is 1.95. The summed E-state index contributed by atoms with van der Waals surface area (Å²) in [6, 6.07) is 8.37. The van der Waals surface area contributed by atoms with E-state index >= 15 is 0 Å². The predicted molar refractivity (Wildman–Crippen MR) is 85.6 cm³/mol. The van der Waals surface area contributed by atoms with Gasteiger partial charge in [0.15, 0.2) is 6.61 Å². The first-order valence-electron chi connectivity index (χ1n) is 7.78. The van der Waals surface area contributed by atoms with E-state index in [-0.39, 0.29) is 12.5 Å². The summed E-state index contributed by atoms with van der Waals surface area (Å²) in [5, 5.41) is 6.17. The van der Waals surface area contributed by atoms with E-state index in [9.17, 15) is 4.79 Å². The van der Waals surface area contributed by atoms with Crippen molar-refractivity contribution in [1.29, 1.82) is 0 Å². The third-order valence-corrected chi connectivity index (χ3v) is 4.29. The molecular weight excluding hydrogens is 264 g/mol. The summed E-state index contributed by atoms with van der Waals surface area (Å²) in [5.74, 6) is 2.08. The van der Waals surface area contributed by atoms with Gasteiger partial charge in [0.25, 0.3) is 5.91 Å². The van der Waals surface area contributed by atoms with Gasteiger partial charge in [0, 0.05) is 24.8 Å². The lowest BCUT2D eigenvalue weighted by Gasteiger charge is -2.34. The number of rotatable bonds is 5. The third kappa shape index (κ3) is 4.66. The number of likely N-dealkylation sites (N-methyl/N-ethyl adjacent to an activating group) is 1. The van der Waals surface area contributed by atoms with Crippen LogP contribution >= 0.6 is 0 Å². The molecular formula is C17H26N2O2. The molecule has 0 radical (unpaired) electrons. The van der Waals surface area contributed by atoms with Gasteiger partial charge in [-0.05, 0) is 36.8 Å². The van der Waals surface area contributed by atoms with Crippen LogP contribution in [0, 0.1) is 11.8 Å². The number of carbonyl (C=O) groups excluding carboxylic acids is 1. The summed E-state index contributed by atoms with van der Waals surface area (Å²) < 4.78 is 5.48. The molecule has 1 aliphatic carbocycles. The van der Waals surface area contributed by atoms with Crippen LogP contribution in [0.3, 0.4) is 0 Å². The molecule has 0 aliphatic heterocycles. The first-order chi connectivity index (χ1) is 10.1. The van der Waals surface area contributed by atoms with E-state index in [0.717, 1.165) is 17.4 Å². The highest BCUT2D eigenvalue weighted by molar-refractivity contribution is 5.77. The molecule has 4 nitrogen and oxygen atoms in total. The van der Waals surface area contributed by atoms with E-state index in [2.05, 4.69) is 30.5 Å². The standard InChI is InChI=1S/C17H26N2O2/c1-12-7-8-13(2)16(9-12)19-14-5-4-6-15(10-14)21-11-17(20)18-3/h4-6,10,12-13,16,19H,7-9,11H2,1-3H3,(H,18,20). The SMILES string of the molecule is CNC(=O)COc1cccc(NC2CC(C)CCC2C)c1. The molecule has 0 aromatic heterocycles. The summed E-state index contributed by atoms with van der Waals surface area (Å²) >= 11 is 0. The van der Waals surface area contributed by atoms with Gasteiger partial charge in [0.1, 0.15) is 5.75 Å². The minimum Gasteiger partial charge on any atom is -0.484 e. The fourth-order valence-corrected chi connectivity index (χ4v) is 2.84. The van der Waals surface area contributed by atoms with Gasteiger partial charge in [0.05, 0.1) is 0 Å². The number of carbonyl (C=O) groups is 1. The van der Waals surface area contributed by atoms with Gasteiger partial charge in [-0.15, -0.1) is 0 Å². The monoisotopic (exact) mass is 290 g/mol. The number of nitrogens with one attached hydrogen (secondary N) is 2. The Morgan fingerprint density at radius 3 is 2.90 bits per heavy atom. The third-order valence-electron chi connectivity index (χ3n) is 4.29. The van der Waals surface area contributed by atoms with Crippen LogP contribution in [0.25, 0.3) is 0 Å². The molecule has 0 heterocycles. The quantitative estimate of drug-likeness (QED) is 0.876. The van der Waals surface area contributed by atoms with Crippen molar-refractivity contribution in [3.05, 3.63) is 24.3 Å². The van der Waals surface area contributed by atoms with Crippen LogP contribution < -0.4 is 15.4 Å². The zero-order valence-corrected chi connectivity index (χ0v) is 13.2. The van der Waals surface area contributed by atoms with Crippen LogP contribution in [0.2, 0.25) is 0 Å². The Morgan fingerprint density at radius 1 is 1.33 bits per heavy atom. The molecule has 0 saturated heterocycles. The molecule has 0 spiro atoms. The maximum atomic E-state index is 11.2. The Labute approximate surface area is 127 Å². The van der Waals surface area contributed by atoms with Crippen LogP contribution in [0.15, 0.2) is 24.3 Å². The smallest absolute Gasteiger partial charge is 0.257 e. The minimum atomic E-state index is -0.122. The van der Waals surface area contributed by atoms with Gasteiger partial charge in [0.2, 0.25) is 0 Å². The zero-order valence-electron chi connectivity index (χ0n) is 13.2. The van der Waals surface area contributed by atoms with Crippen molar-refractivity contribution in [2.45, 2.75) is 39.2 Å². The molecule has 1 saturated carbocycles. The van der Waals surface area contributed by atoms with Crippen molar-refractivity contribution in [2.24, 2.45) is 11.8 Å². The molecule has 2 rings (SSSR count). The topological polar surface area (TPSA) is 50.4 Å². The van der Waals surface area contributed by atoms with Crippen LogP contribution in [0.1, 0.15) is 33.1 Å². The van der Waals surface area contributed by atoms with Gasteiger partial charge in [-0.2, -0.15) is 0 Å². The fourth-order valence-electron chi connectivity index (χ4n) is 2.84. The van der Waals surface area contributed by atoms with Gasteiger partial charge >= 0.3 is 0 Å². The molecule has 2 N–H and O–H groups in total. The maximum absolute atomic E-state index is 11.2. The summed E-state index contributed by atoms with van der Waals surface area (Å²) in [4.78, 5) is 11.2. The van der Waals surface area contributed by atoms with Crippen LogP contribution in [-0.4, -0.2) is 25.6 Å². The fraction of sp³-hybridized carbons (Fsp3) is 0.588. The second-order valence-corrected chi connectivity index (χ2v) is 6.14. The van der Waals surface area contributed by atoms with Crippen molar-refractivity contribution >= 4 is 11.6 Å². The van der Waals surface area contributed by atoms with Crippen molar-refractivity contribution in [3.8, 4) is 5.75 Å². The van der Waals surface area contributed by atoms with Crippen molar-refractivity contribution in [3.63, 3.8) is 0 Å². The molecule has 21 heavy (non-hydrogen) atoms. The second-order valence-electron chi connectivity index (χ2n) is 6.14. The average Bonchev–Trinajstić information content (AvgIpc) is 2.49. The number of hydrogen-bond donors (Lipinski definition) is 2. The van der Waals surface area contributed by atoms with Crippen LogP contribution in [-0.2, 0) is 4.79 Å². The summed E-state index contributed by atoms with van der Waals surface area (Å²) in [6.45, 7) is 4.69. The number of amides is 1. The molecule has 1 fully saturated rings. The van der Waals surface area contributed by atoms with Gasteiger partial charge < -0.3 is 15.4 Å².